The highest BCUT2D eigenvalue weighted by Crippen LogP contribution is 2.26. The number of allylic oxidation sites excluding steroid dienone is 2. The van der Waals surface area contributed by atoms with Crippen molar-refractivity contribution in [2.24, 2.45) is 5.92 Å². The molecule has 0 aromatic carbocycles. The minimum atomic E-state index is 0.165. The Morgan fingerprint density at radius 2 is 2.33 bits per heavy atom. The van der Waals surface area contributed by atoms with Crippen molar-refractivity contribution in [2.75, 3.05) is 0 Å². The topological polar surface area (TPSA) is 17.1 Å². The molecule has 0 aliphatic heterocycles. The second kappa shape index (κ2) is 4.40. The lowest BCUT2D eigenvalue weighted by Gasteiger charge is -2.17. The second-order valence-corrected chi connectivity index (χ2v) is 5.39. The monoisotopic (exact) mass is 278 g/mol. The zero-order valence-corrected chi connectivity index (χ0v) is 9.80. The molecule has 1 nitrogen and oxygen atoms in total. The van der Waals surface area contributed by atoms with Crippen LogP contribution >= 0.6 is 22.6 Å². The van der Waals surface area contributed by atoms with E-state index in [1.165, 1.54) is 6.42 Å². The zero-order chi connectivity index (χ0) is 9.14. The van der Waals surface area contributed by atoms with E-state index in [1.54, 1.807) is 0 Å². The maximum atomic E-state index is 11.6. The molecule has 1 atom stereocenters. The number of hydrogen-bond acceptors (Lipinski definition) is 1. The molecule has 1 aliphatic carbocycles. The molecule has 0 spiro atoms. The lowest BCUT2D eigenvalue weighted by molar-refractivity contribution is -0.118. The smallest absolute Gasteiger partial charge is 0.161 e. The first-order valence-electron chi connectivity index (χ1n) is 4.48. The Bertz CT molecular complexity index is 206. The lowest BCUT2D eigenvalue weighted by atomic mass is 9.91. The van der Waals surface area contributed by atoms with E-state index < -0.39 is 0 Å². The molecule has 1 aliphatic rings. The predicted molar refractivity (Wildman–Crippen MR) is 59.6 cm³/mol. The number of halogens is 1. The fourth-order valence-electron chi connectivity index (χ4n) is 1.43. The van der Waals surface area contributed by atoms with Crippen LogP contribution in [-0.2, 0) is 4.79 Å². The van der Waals surface area contributed by atoms with E-state index in [-0.39, 0.29) is 5.92 Å². The summed E-state index contributed by atoms with van der Waals surface area (Å²) >= 11 is 2.44. The van der Waals surface area contributed by atoms with Crippen molar-refractivity contribution in [3.05, 3.63) is 11.6 Å². The molecule has 0 radical (unpaired) electrons. The molecule has 0 N–H and O–H groups in total. The summed E-state index contributed by atoms with van der Waals surface area (Å²) in [5.41, 5.74) is 1.07. The summed E-state index contributed by atoms with van der Waals surface area (Å²) in [4.78, 5) is 11.6. The van der Waals surface area contributed by atoms with Gasteiger partial charge in [-0.15, -0.1) is 0 Å². The van der Waals surface area contributed by atoms with E-state index in [0.29, 0.717) is 9.71 Å². The fraction of sp³-hybridized carbons (Fsp3) is 0.700. The number of rotatable bonds is 2. The van der Waals surface area contributed by atoms with Gasteiger partial charge < -0.3 is 0 Å². The molecule has 2 heteroatoms. The summed E-state index contributed by atoms with van der Waals surface area (Å²) < 4.78 is 0.672. The molecule has 12 heavy (non-hydrogen) atoms. The quantitative estimate of drug-likeness (QED) is 0.560. The molecule has 0 saturated carbocycles. The van der Waals surface area contributed by atoms with Crippen molar-refractivity contribution in [1.82, 2.24) is 0 Å². The Kier molecular flexibility index (Phi) is 3.75. The third-order valence-electron chi connectivity index (χ3n) is 2.15. The Morgan fingerprint density at radius 3 is 2.83 bits per heavy atom. The maximum Gasteiger partial charge on any atom is 0.161 e. The molecular weight excluding hydrogens is 263 g/mol. The largest absolute Gasteiger partial charge is 0.294 e. The van der Waals surface area contributed by atoms with Gasteiger partial charge >= 0.3 is 0 Å². The fourth-order valence-corrected chi connectivity index (χ4v) is 2.27. The summed E-state index contributed by atoms with van der Waals surface area (Å²) in [6.45, 7) is 3.94. The van der Waals surface area contributed by atoms with Crippen LogP contribution in [0.5, 0.6) is 0 Å². The molecule has 0 aromatic rings. The first-order valence-corrected chi connectivity index (χ1v) is 5.73. The van der Waals surface area contributed by atoms with E-state index in [4.69, 9.17) is 0 Å². The van der Waals surface area contributed by atoms with Gasteiger partial charge in [-0.25, -0.2) is 0 Å². The van der Waals surface area contributed by atoms with Crippen LogP contribution in [0.1, 0.15) is 33.1 Å². The highest BCUT2D eigenvalue weighted by Gasteiger charge is 2.19. The molecule has 0 bridgehead atoms. The van der Waals surface area contributed by atoms with Crippen molar-refractivity contribution < 1.29 is 4.79 Å². The molecule has 0 aromatic heterocycles. The minimum Gasteiger partial charge on any atom is -0.294 e. The van der Waals surface area contributed by atoms with Gasteiger partial charge in [0, 0.05) is 9.84 Å². The maximum absolute atomic E-state index is 11.6. The molecule has 0 amide bonds. The first kappa shape index (κ1) is 10.2. The molecule has 0 heterocycles. The van der Waals surface area contributed by atoms with E-state index in [9.17, 15) is 4.79 Å². The SMILES string of the molecule is CC(C)C(=O)C1=CCCC(I)C1. The van der Waals surface area contributed by atoms with Gasteiger partial charge in [-0.1, -0.05) is 42.5 Å². The van der Waals surface area contributed by atoms with Crippen LogP contribution in [0.25, 0.3) is 0 Å². The van der Waals surface area contributed by atoms with Crippen molar-refractivity contribution >= 4 is 28.4 Å². The number of Topliss-reactive ketones (excluding diaryl/α,β-unsaturated/α-hetero) is 1. The van der Waals surface area contributed by atoms with Gasteiger partial charge in [-0.05, 0) is 24.8 Å². The Balaban J connectivity index is 2.62. The van der Waals surface area contributed by atoms with Crippen LogP contribution in [0.15, 0.2) is 11.6 Å². The molecule has 1 rings (SSSR count). The zero-order valence-electron chi connectivity index (χ0n) is 7.64. The van der Waals surface area contributed by atoms with Crippen LogP contribution < -0.4 is 0 Å². The Morgan fingerprint density at radius 1 is 1.67 bits per heavy atom. The normalized spacial score (nSPS) is 24.0. The summed E-state index contributed by atoms with van der Waals surface area (Å²) in [7, 11) is 0. The third kappa shape index (κ3) is 2.57. The Hall–Kier alpha value is 0.140. The highest BCUT2D eigenvalue weighted by atomic mass is 127. The van der Waals surface area contributed by atoms with Gasteiger partial charge in [-0.2, -0.15) is 0 Å². The average Bonchev–Trinajstić information content (AvgIpc) is 2.03. The predicted octanol–water partition coefficient (Wildman–Crippen LogP) is 3.13. The van der Waals surface area contributed by atoms with Crippen LogP contribution in [0.2, 0.25) is 0 Å². The van der Waals surface area contributed by atoms with Crippen LogP contribution in [0.3, 0.4) is 0 Å². The van der Waals surface area contributed by atoms with Gasteiger partial charge in [0.25, 0.3) is 0 Å². The molecular formula is C10H15IO. The van der Waals surface area contributed by atoms with Crippen LogP contribution in [-0.4, -0.2) is 9.71 Å². The van der Waals surface area contributed by atoms with Gasteiger partial charge in [0.05, 0.1) is 0 Å². The van der Waals surface area contributed by atoms with Gasteiger partial charge in [-0.3, -0.25) is 4.79 Å². The lowest BCUT2D eigenvalue weighted by Crippen LogP contribution is -2.16. The summed E-state index contributed by atoms with van der Waals surface area (Å²) in [5.74, 6) is 0.509. The average molecular weight is 278 g/mol. The van der Waals surface area contributed by atoms with Gasteiger partial charge in [0.2, 0.25) is 0 Å². The molecule has 0 saturated heterocycles. The Labute approximate surface area is 87.8 Å². The summed E-state index contributed by atoms with van der Waals surface area (Å²) in [5, 5.41) is 0. The number of ketones is 1. The second-order valence-electron chi connectivity index (χ2n) is 3.63. The van der Waals surface area contributed by atoms with Crippen molar-refractivity contribution in [3.8, 4) is 0 Å². The summed E-state index contributed by atoms with van der Waals surface area (Å²) in [6.07, 6.45) is 5.42. The summed E-state index contributed by atoms with van der Waals surface area (Å²) in [6, 6.07) is 0. The molecule has 1 unspecified atom stereocenters. The van der Waals surface area contributed by atoms with E-state index in [2.05, 4.69) is 28.7 Å². The number of alkyl halides is 1. The minimum absolute atomic E-state index is 0.165. The standard InChI is InChI=1S/C10H15IO/c1-7(2)10(12)8-4-3-5-9(11)6-8/h4,7,9H,3,5-6H2,1-2H3. The number of carbonyl (C=O) groups excluding carboxylic acids is 1. The van der Waals surface area contributed by atoms with Crippen molar-refractivity contribution in [2.45, 2.75) is 37.0 Å². The van der Waals surface area contributed by atoms with E-state index >= 15 is 0 Å². The van der Waals surface area contributed by atoms with Gasteiger partial charge in [0.15, 0.2) is 5.78 Å². The number of hydrogen-bond donors (Lipinski definition) is 0. The van der Waals surface area contributed by atoms with Crippen LogP contribution in [0, 0.1) is 5.92 Å². The van der Waals surface area contributed by atoms with E-state index in [0.717, 1.165) is 18.4 Å². The first-order chi connectivity index (χ1) is 5.61. The van der Waals surface area contributed by atoms with Crippen LogP contribution in [0.4, 0.5) is 0 Å². The third-order valence-corrected chi connectivity index (χ3v) is 3.22. The van der Waals surface area contributed by atoms with Gasteiger partial charge in [0.1, 0.15) is 0 Å². The molecule has 0 fully saturated rings. The highest BCUT2D eigenvalue weighted by molar-refractivity contribution is 14.1. The van der Waals surface area contributed by atoms with Crippen molar-refractivity contribution in [1.29, 1.82) is 0 Å². The van der Waals surface area contributed by atoms with E-state index in [1.807, 2.05) is 13.8 Å². The van der Waals surface area contributed by atoms with Crippen molar-refractivity contribution in [3.63, 3.8) is 0 Å². The number of carbonyl (C=O) groups is 1. The molecule has 68 valence electrons.